The van der Waals surface area contributed by atoms with Crippen molar-refractivity contribution in [3.05, 3.63) is 23.3 Å². The molecule has 0 aromatic heterocycles. The molecule has 0 aromatic carbocycles. The van der Waals surface area contributed by atoms with Crippen LogP contribution in [-0.2, 0) is 14.3 Å². The summed E-state index contributed by atoms with van der Waals surface area (Å²) in [5, 5.41) is 0. The average molecular weight is 328 g/mol. The minimum absolute atomic E-state index is 0.0958. The van der Waals surface area contributed by atoms with Gasteiger partial charge in [0.2, 0.25) is 0 Å². The van der Waals surface area contributed by atoms with Gasteiger partial charge in [0.1, 0.15) is 5.78 Å². The summed E-state index contributed by atoms with van der Waals surface area (Å²) in [4.78, 5) is 25.1. The van der Waals surface area contributed by atoms with Crippen molar-refractivity contribution in [2.75, 3.05) is 7.11 Å². The smallest absolute Gasteiger partial charge is 0.333 e. The molecule has 24 heavy (non-hydrogen) atoms. The Balaban J connectivity index is 1.73. The van der Waals surface area contributed by atoms with Crippen molar-refractivity contribution in [2.24, 2.45) is 28.6 Å². The largest absolute Gasteiger partial charge is 0.466 e. The van der Waals surface area contributed by atoms with E-state index in [1.165, 1.54) is 31.9 Å². The second kappa shape index (κ2) is 5.31. The molecule has 130 valence electrons. The Hall–Kier alpha value is -1.38. The van der Waals surface area contributed by atoms with E-state index in [1.807, 2.05) is 6.08 Å². The molecule has 0 radical (unpaired) electrons. The van der Waals surface area contributed by atoms with Gasteiger partial charge in [-0.2, -0.15) is 0 Å². The van der Waals surface area contributed by atoms with Crippen LogP contribution in [0.1, 0.15) is 58.8 Å². The fourth-order valence-electron chi connectivity index (χ4n) is 6.46. The Labute approximate surface area is 144 Å². The van der Waals surface area contributed by atoms with Crippen LogP contribution in [0.4, 0.5) is 0 Å². The molecule has 0 saturated heterocycles. The van der Waals surface area contributed by atoms with Gasteiger partial charge in [-0.05, 0) is 61.0 Å². The molecule has 3 heteroatoms. The molecule has 0 bridgehead atoms. The first-order valence-electron chi connectivity index (χ1n) is 9.41. The molecule has 5 atom stereocenters. The second-order valence-corrected chi connectivity index (χ2v) is 8.91. The van der Waals surface area contributed by atoms with Crippen LogP contribution in [0.5, 0.6) is 0 Å². The van der Waals surface area contributed by atoms with Gasteiger partial charge in [0, 0.05) is 23.3 Å². The summed E-state index contributed by atoms with van der Waals surface area (Å²) in [5.74, 6) is 1.59. The van der Waals surface area contributed by atoms with Crippen molar-refractivity contribution in [2.45, 2.75) is 58.8 Å². The lowest BCUT2D eigenvalue weighted by atomic mass is 9.48. The average Bonchev–Trinajstić information content (AvgIpc) is 2.94. The molecular weight excluding hydrogens is 300 g/mol. The quantitative estimate of drug-likeness (QED) is 0.677. The van der Waals surface area contributed by atoms with Gasteiger partial charge in [-0.1, -0.05) is 26.3 Å². The lowest BCUT2D eigenvalue weighted by Crippen LogP contribution is -2.52. The van der Waals surface area contributed by atoms with E-state index < -0.39 is 0 Å². The van der Waals surface area contributed by atoms with Crippen LogP contribution >= 0.6 is 0 Å². The Morgan fingerprint density at radius 3 is 2.83 bits per heavy atom. The maximum Gasteiger partial charge on any atom is 0.333 e. The van der Waals surface area contributed by atoms with Gasteiger partial charge < -0.3 is 4.74 Å². The van der Waals surface area contributed by atoms with Crippen LogP contribution in [0.15, 0.2) is 23.3 Å². The topological polar surface area (TPSA) is 43.4 Å². The normalized spacial score (nSPS) is 44.0. The zero-order valence-electron chi connectivity index (χ0n) is 15.1. The SMILES string of the molecule is COC(=O)C1=CC2=CC[C@H]3[C@@H]4CCC[C@@]4(C)CC(=O)[C@@H]3[C@@]2(C)CC1. The highest BCUT2D eigenvalue weighted by molar-refractivity contribution is 5.90. The second-order valence-electron chi connectivity index (χ2n) is 8.91. The number of ether oxygens (including phenoxy) is 1. The monoisotopic (exact) mass is 328 g/mol. The van der Waals surface area contributed by atoms with Gasteiger partial charge in [0.05, 0.1) is 7.11 Å². The van der Waals surface area contributed by atoms with Crippen LogP contribution < -0.4 is 0 Å². The highest BCUT2D eigenvalue weighted by atomic mass is 16.5. The molecule has 0 N–H and O–H groups in total. The fourth-order valence-corrected chi connectivity index (χ4v) is 6.46. The van der Waals surface area contributed by atoms with E-state index in [1.54, 1.807) is 0 Å². The number of methoxy groups -OCH3 is 1. The molecule has 0 spiro atoms. The maximum atomic E-state index is 13.2. The number of hydrogen-bond acceptors (Lipinski definition) is 3. The number of carbonyl (C=O) groups excluding carboxylic acids is 2. The molecule has 0 aliphatic heterocycles. The number of allylic oxidation sites excluding steroid dienone is 3. The van der Waals surface area contributed by atoms with Gasteiger partial charge in [0.25, 0.3) is 0 Å². The summed E-state index contributed by atoms with van der Waals surface area (Å²) in [6.45, 7) is 4.60. The number of ketones is 1. The van der Waals surface area contributed by atoms with Crippen molar-refractivity contribution in [1.29, 1.82) is 0 Å². The third-order valence-corrected chi connectivity index (χ3v) is 7.67. The third-order valence-electron chi connectivity index (χ3n) is 7.67. The standard InChI is InChI=1S/C21H28O3/c1-20-9-4-5-16(20)15-7-6-14-11-13(19(23)24-3)8-10-21(14,2)18(15)17(22)12-20/h6,11,15-16,18H,4-5,7-10,12H2,1-3H3/t15-,16-,18+,20-,21-/m0/s1. The zero-order chi connectivity index (χ0) is 17.1. The van der Waals surface area contributed by atoms with Crippen molar-refractivity contribution < 1.29 is 14.3 Å². The summed E-state index contributed by atoms with van der Waals surface area (Å²) in [7, 11) is 1.44. The molecule has 4 aliphatic rings. The Morgan fingerprint density at radius 2 is 2.08 bits per heavy atom. The minimum Gasteiger partial charge on any atom is -0.466 e. The number of Topliss-reactive ketones (excluding diaryl/α,β-unsaturated/α-hetero) is 1. The summed E-state index contributed by atoms with van der Waals surface area (Å²) in [5.41, 5.74) is 2.10. The highest BCUT2D eigenvalue weighted by Gasteiger charge is 2.58. The summed E-state index contributed by atoms with van der Waals surface area (Å²) in [6.07, 6.45) is 11.5. The first kappa shape index (κ1) is 16.1. The molecule has 0 amide bonds. The van der Waals surface area contributed by atoms with Crippen LogP contribution in [-0.4, -0.2) is 18.9 Å². The molecule has 4 rings (SSSR count). The highest BCUT2D eigenvalue weighted by Crippen LogP contribution is 2.63. The molecule has 0 heterocycles. The van der Waals surface area contributed by atoms with E-state index in [0.717, 1.165) is 31.3 Å². The summed E-state index contributed by atoms with van der Waals surface area (Å²) in [6, 6.07) is 0. The summed E-state index contributed by atoms with van der Waals surface area (Å²) >= 11 is 0. The van der Waals surface area contributed by atoms with Gasteiger partial charge in [-0.25, -0.2) is 4.79 Å². The van der Waals surface area contributed by atoms with E-state index in [-0.39, 0.29) is 22.7 Å². The molecule has 4 aliphatic carbocycles. The lowest BCUT2D eigenvalue weighted by Gasteiger charge is -2.55. The first-order chi connectivity index (χ1) is 11.4. The van der Waals surface area contributed by atoms with Crippen molar-refractivity contribution >= 4 is 11.8 Å². The molecule has 2 saturated carbocycles. The number of fused-ring (bicyclic) bond motifs is 5. The van der Waals surface area contributed by atoms with E-state index in [2.05, 4.69) is 19.9 Å². The van der Waals surface area contributed by atoms with Crippen LogP contribution in [0.3, 0.4) is 0 Å². The number of carbonyl (C=O) groups is 2. The molecule has 0 aromatic rings. The number of hydrogen-bond donors (Lipinski definition) is 0. The van der Waals surface area contributed by atoms with Gasteiger partial charge in [-0.3, -0.25) is 4.79 Å². The number of esters is 1. The molecule has 3 nitrogen and oxygen atoms in total. The Bertz CT molecular complexity index is 658. The van der Waals surface area contributed by atoms with E-state index in [0.29, 0.717) is 17.6 Å². The van der Waals surface area contributed by atoms with Gasteiger partial charge >= 0.3 is 5.97 Å². The zero-order valence-corrected chi connectivity index (χ0v) is 15.1. The van der Waals surface area contributed by atoms with Crippen LogP contribution in [0, 0.1) is 28.6 Å². The van der Waals surface area contributed by atoms with Crippen molar-refractivity contribution in [3.63, 3.8) is 0 Å². The molecule has 2 fully saturated rings. The van der Waals surface area contributed by atoms with Gasteiger partial charge in [-0.15, -0.1) is 0 Å². The lowest BCUT2D eigenvalue weighted by molar-refractivity contribution is -0.141. The van der Waals surface area contributed by atoms with E-state index in [4.69, 9.17) is 4.74 Å². The van der Waals surface area contributed by atoms with Crippen LogP contribution in [0.2, 0.25) is 0 Å². The predicted molar refractivity (Wildman–Crippen MR) is 92.2 cm³/mol. The Kier molecular flexibility index (Phi) is 3.56. The Morgan fingerprint density at radius 1 is 1.29 bits per heavy atom. The minimum atomic E-state index is -0.224. The first-order valence-corrected chi connectivity index (χ1v) is 9.41. The van der Waals surface area contributed by atoms with Crippen molar-refractivity contribution in [1.82, 2.24) is 0 Å². The third kappa shape index (κ3) is 2.09. The fraction of sp³-hybridized carbons (Fsp3) is 0.714. The maximum absolute atomic E-state index is 13.2. The van der Waals surface area contributed by atoms with Crippen LogP contribution in [0.25, 0.3) is 0 Å². The molecule has 0 unspecified atom stereocenters. The summed E-state index contributed by atoms with van der Waals surface area (Å²) < 4.78 is 4.90. The predicted octanol–water partition coefficient (Wildman–Crippen LogP) is 4.23. The molecular formula is C21H28O3. The van der Waals surface area contributed by atoms with Gasteiger partial charge in [0.15, 0.2) is 0 Å². The van der Waals surface area contributed by atoms with Crippen molar-refractivity contribution in [3.8, 4) is 0 Å². The van der Waals surface area contributed by atoms with E-state index in [9.17, 15) is 9.59 Å². The number of rotatable bonds is 1. The van der Waals surface area contributed by atoms with E-state index >= 15 is 0 Å².